The zero-order chi connectivity index (χ0) is 20.1. The Kier molecular flexibility index (Phi) is 5.99. The summed E-state index contributed by atoms with van der Waals surface area (Å²) in [7, 11) is 0. The molecule has 0 aliphatic heterocycles. The Balaban J connectivity index is 1.77. The fourth-order valence-corrected chi connectivity index (χ4v) is 2.76. The number of aromatic nitrogens is 2. The van der Waals surface area contributed by atoms with Crippen LogP contribution in [0.3, 0.4) is 0 Å². The molecule has 0 bridgehead atoms. The topological polar surface area (TPSA) is 85.5 Å². The molecule has 1 N–H and O–H groups in total. The first-order valence-corrected chi connectivity index (χ1v) is 8.49. The Morgan fingerprint density at radius 2 is 1.79 bits per heavy atom. The molecular formula is C18H11F3N2O4S. The quantitative estimate of drug-likeness (QED) is 0.448. The molecule has 2 aromatic carbocycles. The van der Waals surface area contributed by atoms with E-state index in [1.54, 1.807) is 0 Å². The summed E-state index contributed by atoms with van der Waals surface area (Å²) in [4.78, 5) is 11.4. The van der Waals surface area contributed by atoms with Gasteiger partial charge in [-0.1, -0.05) is 12.1 Å². The number of benzene rings is 2. The maximum Gasteiger partial charge on any atom is 0.387 e. The van der Waals surface area contributed by atoms with Crippen molar-refractivity contribution in [3.05, 3.63) is 64.8 Å². The number of rotatable bonds is 7. The van der Waals surface area contributed by atoms with Gasteiger partial charge >= 0.3 is 12.6 Å². The Morgan fingerprint density at radius 1 is 1.11 bits per heavy atom. The number of nitrogens with zero attached hydrogens (tertiary/aromatic N) is 2. The number of alkyl halides is 2. The molecule has 0 aliphatic rings. The normalized spacial score (nSPS) is 11.6. The number of aliphatic carboxylic acids is 1. The minimum Gasteiger partial charge on any atom is -0.477 e. The van der Waals surface area contributed by atoms with Crippen LogP contribution in [0.15, 0.2) is 63.1 Å². The number of carboxylic acid groups (broad SMARTS) is 1. The van der Waals surface area contributed by atoms with Gasteiger partial charge in [0.15, 0.2) is 0 Å². The molecular weight excluding hydrogens is 397 g/mol. The fraction of sp³-hybridized carbons (Fsp3) is 0.0556. The van der Waals surface area contributed by atoms with Crippen molar-refractivity contribution < 1.29 is 32.2 Å². The first kappa shape index (κ1) is 19.5. The van der Waals surface area contributed by atoms with Crippen LogP contribution in [0.25, 0.3) is 17.5 Å². The van der Waals surface area contributed by atoms with Gasteiger partial charge in [-0.2, -0.15) is 8.78 Å². The number of carbonyl (C=O) groups is 1. The first-order valence-electron chi connectivity index (χ1n) is 7.68. The highest BCUT2D eigenvalue weighted by molar-refractivity contribution is 8.03. The van der Waals surface area contributed by atoms with Crippen molar-refractivity contribution in [2.75, 3.05) is 0 Å². The second kappa shape index (κ2) is 8.61. The lowest BCUT2D eigenvalue weighted by molar-refractivity contribution is -0.131. The third kappa shape index (κ3) is 5.13. The van der Waals surface area contributed by atoms with E-state index in [9.17, 15) is 23.1 Å². The molecule has 3 aromatic rings. The fourth-order valence-electron chi connectivity index (χ4n) is 2.09. The lowest BCUT2D eigenvalue weighted by Gasteiger charge is -2.04. The first-order chi connectivity index (χ1) is 13.4. The van der Waals surface area contributed by atoms with Crippen molar-refractivity contribution in [1.29, 1.82) is 0 Å². The van der Waals surface area contributed by atoms with E-state index in [1.165, 1.54) is 54.6 Å². The van der Waals surface area contributed by atoms with Gasteiger partial charge in [0.25, 0.3) is 5.22 Å². The van der Waals surface area contributed by atoms with E-state index in [1.807, 2.05) is 0 Å². The highest BCUT2D eigenvalue weighted by Gasteiger charge is 2.16. The lowest BCUT2D eigenvalue weighted by Crippen LogP contribution is -2.01. The predicted octanol–water partition coefficient (Wildman–Crippen LogP) is 4.69. The summed E-state index contributed by atoms with van der Waals surface area (Å²) in [6.07, 6.45) is 1.32. The Morgan fingerprint density at radius 3 is 2.39 bits per heavy atom. The lowest BCUT2D eigenvalue weighted by atomic mass is 10.2. The van der Waals surface area contributed by atoms with E-state index in [4.69, 9.17) is 4.42 Å². The molecule has 0 saturated carbocycles. The molecule has 144 valence electrons. The third-order valence-electron chi connectivity index (χ3n) is 3.31. The van der Waals surface area contributed by atoms with Crippen LogP contribution >= 0.6 is 11.8 Å². The summed E-state index contributed by atoms with van der Waals surface area (Å²) < 4.78 is 46.9. The second-order valence-electron chi connectivity index (χ2n) is 5.24. The maximum absolute atomic E-state index is 13.0. The van der Waals surface area contributed by atoms with Crippen molar-refractivity contribution in [2.45, 2.75) is 11.8 Å². The third-order valence-corrected chi connectivity index (χ3v) is 4.16. The Hall–Kier alpha value is -3.27. The van der Waals surface area contributed by atoms with E-state index in [-0.39, 0.29) is 21.8 Å². The molecule has 0 unspecified atom stereocenters. The molecule has 28 heavy (non-hydrogen) atoms. The molecule has 3 rings (SSSR count). The minimum absolute atomic E-state index is 0.0226. The average molecular weight is 408 g/mol. The van der Waals surface area contributed by atoms with Gasteiger partial charge in [0.1, 0.15) is 16.5 Å². The van der Waals surface area contributed by atoms with Crippen LogP contribution < -0.4 is 4.74 Å². The van der Waals surface area contributed by atoms with Crippen LogP contribution in [0.1, 0.15) is 5.56 Å². The molecule has 0 atom stereocenters. The number of thioether (sulfide) groups is 1. The van der Waals surface area contributed by atoms with Crippen molar-refractivity contribution in [3.63, 3.8) is 0 Å². The summed E-state index contributed by atoms with van der Waals surface area (Å²) >= 11 is 0.721. The molecule has 6 nitrogen and oxygen atoms in total. The Labute approximate surface area is 160 Å². The summed E-state index contributed by atoms with van der Waals surface area (Å²) in [5, 5.41) is 16.9. The van der Waals surface area contributed by atoms with E-state index in [2.05, 4.69) is 14.9 Å². The van der Waals surface area contributed by atoms with Gasteiger partial charge in [0.05, 0.1) is 0 Å². The maximum atomic E-state index is 13.0. The van der Waals surface area contributed by atoms with Gasteiger partial charge in [0, 0.05) is 5.56 Å². The van der Waals surface area contributed by atoms with Gasteiger partial charge in [-0.15, -0.1) is 10.2 Å². The number of halogens is 3. The van der Waals surface area contributed by atoms with Crippen LogP contribution in [0.5, 0.6) is 5.75 Å². The standard InChI is InChI=1S/C18H11F3N2O4S/c19-12-5-3-11(4-6-12)15-22-23-18(27-15)28-14(16(24)25)9-10-1-7-13(8-2-10)26-17(20)21/h1-9,17H,(H,24,25). The number of hydrogen-bond acceptors (Lipinski definition) is 6. The van der Waals surface area contributed by atoms with Gasteiger partial charge in [-0.25, -0.2) is 9.18 Å². The molecule has 0 spiro atoms. The highest BCUT2D eigenvalue weighted by Crippen LogP contribution is 2.30. The van der Waals surface area contributed by atoms with E-state index < -0.39 is 18.4 Å². The smallest absolute Gasteiger partial charge is 0.387 e. The Bertz CT molecular complexity index is 989. The van der Waals surface area contributed by atoms with Crippen molar-refractivity contribution in [3.8, 4) is 17.2 Å². The SMILES string of the molecule is O=C(O)C(=Cc1ccc(OC(F)F)cc1)Sc1nnc(-c2ccc(F)cc2)o1. The van der Waals surface area contributed by atoms with Gasteiger partial charge < -0.3 is 14.3 Å². The summed E-state index contributed by atoms with van der Waals surface area (Å²) in [5.74, 6) is -1.59. The van der Waals surface area contributed by atoms with Crippen LogP contribution in [0.4, 0.5) is 13.2 Å². The van der Waals surface area contributed by atoms with Crippen LogP contribution in [-0.2, 0) is 4.79 Å². The largest absolute Gasteiger partial charge is 0.477 e. The molecule has 1 aromatic heterocycles. The van der Waals surface area contributed by atoms with Gasteiger partial charge in [-0.3, -0.25) is 0 Å². The zero-order valence-electron chi connectivity index (χ0n) is 13.9. The monoisotopic (exact) mass is 408 g/mol. The van der Waals surface area contributed by atoms with E-state index >= 15 is 0 Å². The number of ether oxygens (including phenoxy) is 1. The second-order valence-corrected chi connectivity index (χ2v) is 6.24. The molecule has 0 amide bonds. The molecule has 10 heteroatoms. The molecule has 1 heterocycles. The summed E-state index contributed by atoms with van der Waals surface area (Å²) in [5.41, 5.74) is 0.931. The zero-order valence-corrected chi connectivity index (χ0v) is 14.7. The number of hydrogen-bond donors (Lipinski definition) is 1. The summed E-state index contributed by atoms with van der Waals surface area (Å²) in [6, 6.07) is 10.8. The van der Waals surface area contributed by atoms with Crippen molar-refractivity contribution in [2.24, 2.45) is 0 Å². The average Bonchev–Trinajstić information content (AvgIpc) is 3.11. The molecule has 0 radical (unpaired) electrons. The van der Waals surface area contributed by atoms with E-state index in [0.29, 0.717) is 11.1 Å². The molecule has 0 saturated heterocycles. The predicted molar refractivity (Wildman–Crippen MR) is 94.2 cm³/mol. The van der Waals surface area contributed by atoms with E-state index in [0.717, 1.165) is 11.8 Å². The molecule has 0 fully saturated rings. The van der Waals surface area contributed by atoms with Crippen LogP contribution in [0, 0.1) is 5.82 Å². The summed E-state index contributed by atoms with van der Waals surface area (Å²) in [6.45, 7) is -2.95. The van der Waals surface area contributed by atoms with Gasteiger partial charge in [0.2, 0.25) is 5.89 Å². The minimum atomic E-state index is -2.95. The number of carboxylic acids is 1. The van der Waals surface area contributed by atoms with Gasteiger partial charge in [-0.05, 0) is 59.8 Å². The van der Waals surface area contributed by atoms with Crippen LogP contribution in [0.2, 0.25) is 0 Å². The van der Waals surface area contributed by atoms with Crippen LogP contribution in [-0.4, -0.2) is 27.9 Å². The highest BCUT2D eigenvalue weighted by atomic mass is 32.2. The van der Waals surface area contributed by atoms with Crippen molar-refractivity contribution >= 4 is 23.8 Å². The molecule has 0 aliphatic carbocycles. The van der Waals surface area contributed by atoms with Crippen molar-refractivity contribution in [1.82, 2.24) is 10.2 Å².